The number of nitrogens with one attached hydrogen (secondary N) is 1. The summed E-state index contributed by atoms with van der Waals surface area (Å²) in [6, 6.07) is 14.2. The lowest BCUT2D eigenvalue weighted by molar-refractivity contribution is 0.0827. The molecule has 3 rings (SSSR count). The molecule has 2 aromatic carbocycles. The first-order valence-electron chi connectivity index (χ1n) is 10.5. The smallest absolute Gasteiger partial charge is 0.274 e. The molecule has 0 aliphatic rings. The van der Waals surface area contributed by atoms with E-state index in [2.05, 4.69) is 17.3 Å². The Morgan fingerprint density at radius 3 is 2.32 bits per heavy atom. The third-order valence-electron chi connectivity index (χ3n) is 5.12. The number of hydrogen-bond donors (Lipinski definition) is 1. The summed E-state index contributed by atoms with van der Waals surface area (Å²) < 4.78 is 1.40. The Morgan fingerprint density at radius 2 is 1.68 bits per heavy atom. The van der Waals surface area contributed by atoms with Crippen LogP contribution in [0.15, 0.2) is 53.3 Å². The number of unbranched alkanes of at least 4 members (excludes halogenated alkanes) is 2. The van der Waals surface area contributed by atoms with Gasteiger partial charge in [0.2, 0.25) is 0 Å². The minimum absolute atomic E-state index is 0.0726. The molecule has 0 unspecified atom stereocenters. The Labute approximate surface area is 181 Å². The number of nitrogens with zero attached hydrogens (tertiary/aromatic N) is 3. The summed E-state index contributed by atoms with van der Waals surface area (Å²) in [6.07, 6.45) is 2.87. The third kappa shape index (κ3) is 5.17. The SMILES string of the molecule is CCCCCn1nc(C(=O)NCc2ccc(C(=O)N(C)C)cc2)c2ccccc2c1=O. The lowest BCUT2D eigenvalue weighted by Crippen LogP contribution is -2.30. The number of carbonyl (C=O) groups excluding carboxylic acids is 2. The maximum Gasteiger partial charge on any atom is 0.274 e. The molecule has 1 heterocycles. The molecule has 7 heteroatoms. The van der Waals surface area contributed by atoms with Crippen molar-refractivity contribution in [3.8, 4) is 0 Å². The minimum atomic E-state index is -0.339. The molecule has 0 aliphatic heterocycles. The average Bonchev–Trinajstić information content (AvgIpc) is 2.79. The highest BCUT2D eigenvalue weighted by Crippen LogP contribution is 2.14. The Morgan fingerprint density at radius 1 is 1.00 bits per heavy atom. The molecule has 0 atom stereocenters. The van der Waals surface area contributed by atoms with Crippen molar-refractivity contribution in [3.05, 3.63) is 75.7 Å². The van der Waals surface area contributed by atoms with Crippen molar-refractivity contribution in [2.24, 2.45) is 0 Å². The van der Waals surface area contributed by atoms with Gasteiger partial charge in [-0.2, -0.15) is 5.10 Å². The summed E-state index contributed by atoms with van der Waals surface area (Å²) in [5.74, 6) is -0.412. The van der Waals surface area contributed by atoms with Crippen molar-refractivity contribution in [1.82, 2.24) is 20.0 Å². The Bertz CT molecular complexity index is 1130. The summed E-state index contributed by atoms with van der Waals surface area (Å²) in [4.78, 5) is 39.2. The van der Waals surface area contributed by atoms with Crippen LogP contribution in [-0.2, 0) is 13.1 Å². The summed E-state index contributed by atoms with van der Waals surface area (Å²) in [5, 5.41) is 8.30. The number of fused-ring (bicyclic) bond motifs is 1. The van der Waals surface area contributed by atoms with Gasteiger partial charge in [-0.15, -0.1) is 0 Å². The first-order valence-corrected chi connectivity index (χ1v) is 10.5. The highest BCUT2D eigenvalue weighted by Gasteiger charge is 2.16. The van der Waals surface area contributed by atoms with E-state index in [1.165, 1.54) is 9.58 Å². The van der Waals surface area contributed by atoms with Crippen LogP contribution in [0.2, 0.25) is 0 Å². The summed E-state index contributed by atoms with van der Waals surface area (Å²) in [6.45, 7) is 2.87. The molecule has 0 fully saturated rings. The first kappa shape index (κ1) is 22.2. The van der Waals surface area contributed by atoms with E-state index >= 15 is 0 Å². The summed E-state index contributed by atoms with van der Waals surface area (Å²) >= 11 is 0. The van der Waals surface area contributed by atoms with Gasteiger partial charge < -0.3 is 10.2 Å². The standard InChI is InChI=1S/C24H28N4O3/c1-4-5-8-15-28-24(31)20-10-7-6-9-19(20)21(26-28)22(29)25-16-17-11-13-18(14-12-17)23(30)27(2)3/h6-7,9-14H,4-5,8,15-16H2,1-3H3,(H,25,29). The van der Waals surface area contributed by atoms with Crippen LogP contribution in [0.25, 0.3) is 10.8 Å². The second-order valence-corrected chi connectivity index (χ2v) is 7.71. The van der Waals surface area contributed by atoms with Gasteiger partial charge in [-0.25, -0.2) is 4.68 Å². The van der Waals surface area contributed by atoms with Gasteiger partial charge in [0.05, 0.1) is 5.39 Å². The number of benzene rings is 2. The molecule has 3 aromatic rings. The molecular weight excluding hydrogens is 392 g/mol. The van der Waals surface area contributed by atoms with Gasteiger partial charge in [0, 0.05) is 38.1 Å². The Kier molecular flexibility index (Phi) is 7.18. The number of amides is 2. The van der Waals surface area contributed by atoms with Crippen LogP contribution in [0.3, 0.4) is 0 Å². The van der Waals surface area contributed by atoms with E-state index in [0.29, 0.717) is 29.4 Å². The van der Waals surface area contributed by atoms with Crippen LogP contribution < -0.4 is 10.9 Å². The lowest BCUT2D eigenvalue weighted by atomic mass is 10.1. The Hall–Kier alpha value is -3.48. The van der Waals surface area contributed by atoms with Crippen molar-refractivity contribution >= 4 is 22.6 Å². The van der Waals surface area contributed by atoms with Crippen LogP contribution in [0, 0.1) is 0 Å². The van der Waals surface area contributed by atoms with Crippen LogP contribution >= 0.6 is 0 Å². The maximum absolute atomic E-state index is 12.9. The maximum atomic E-state index is 12.9. The first-order chi connectivity index (χ1) is 14.9. The quantitative estimate of drug-likeness (QED) is 0.567. The predicted molar refractivity (Wildman–Crippen MR) is 121 cm³/mol. The zero-order chi connectivity index (χ0) is 22.4. The van der Waals surface area contributed by atoms with Crippen LogP contribution in [-0.4, -0.2) is 40.6 Å². The fourth-order valence-corrected chi connectivity index (χ4v) is 3.36. The van der Waals surface area contributed by atoms with E-state index in [4.69, 9.17) is 0 Å². The molecule has 2 amide bonds. The van der Waals surface area contributed by atoms with Crippen molar-refractivity contribution in [2.75, 3.05) is 14.1 Å². The molecule has 1 aromatic heterocycles. The molecule has 0 saturated heterocycles. The van der Waals surface area contributed by atoms with Crippen LogP contribution in [0.5, 0.6) is 0 Å². The van der Waals surface area contributed by atoms with E-state index < -0.39 is 0 Å². The molecule has 0 bridgehead atoms. The summed E-state index contributed by atoms with van der Waals surface area (Å²) in [5.41, 5.74) is 1.52. The van der Waals surface area contributed by atoms with Crippen molar-refractivity contribution in [2.45, 2.75) is 39.3 Å². The molecule has 0 spiro atoms. The molecule has 1 N–H and O–H groups in total. The van der Waals surface area contributed by atoms with Gasteiger partial charge in [-0.05, 0) is 30.2 Å². The molecule has 31 heavy (non-hydrogen) atoms. The molecule has 162 valence electrons. The topological polar surface area (TPSA) is 84.3 Å². The predicted octanol–water partition coefficient (Wildman–Crippen LogP) is 3.22. The number of carbonyl (C=O) groups is 2. The number of hydrogen-bond acceptors (Lipinski definition) is 4. The number of aryl methyl sites for hydroxylation is 1. The van der Waals surface area contributed by atoms with Gasteiger partial charge in [0.15, 0.2) is 5.69 Å². The average molecular weight is 421 g/mol. The monoisotopic (exact) mass is 420 g/mol. The largest absolute Gasteiger partial charge is 0.347 e. The zero-order valence-corrected chi connectivity index (χ0v) is 18.2. The fourth-order valence-electron chi connectivity index (χ4n) is 3.36. The second kappa shape index (κ2) is 10.0. The van der Waals surface area contributed by atoms with Gasteiger partial charge in [-0.3, -0.25) is 14.4 Å². The second-order valence-electron chi connectivity index (χ2n) is 7.71. The normalized spacial score (nSPS) is 10.8. The Balaban J connectivity index is 1.81. The van der Waals surface area contributed by atoms with Gasteiger partial charge >= 0.3 is 0 Å². The van der Waals surface area contributed by atoms with E-state index in [1.807, 2.05) is 12.1 Å². The number of aromatic nitrogens is 2. The minimum Gasteiger partial charge on any atom is -0.347 e. The van der Waals surface area contributed by atoms with Gasteiger partial charge in [0.25, 0.3) is 17.4 Å². The third-order valence-corrected chi connectivity index (χ3v) is 5.12. The molecule has 0 radical (unpaired) electrons. The van der Waals surface area contributed by atoms with E-state index in [0.717, 1.165) is 24.8 Å². The van der Waals surface area contributed by atoms with E-state index in [9.17, 15) is 14.4 Å². The molecule has 0 aliphatic carbocycles. The fraction of sp³-hybridized carbons (Fsp3) is 0.333. The zero-order valence-electron chi connectivity index (χ0n) is 18.2. The van der Waals surface area contributed by atoms with Crippen molar-refractivity contribution in [1.29, 1.82) is 0 Å². The van der Waals surface area contributed by atoms with E-state index in [1.54, 1.807) is 50.5 Å². The van der Waals surface area contributed by atoms with Gasteiger partial charge in [-0.1, -0.05) is 50.1 Å². The molecule has 0 saturated carbocycles. The molecule has 7 nitrogen and oxygen atoms in total. The summed E-state index contributed by atoms with van der Waals surface area (Å²) in [7, 11) is 3.41. The van der Waals surface area contributed by atoms with Crippen molar-refractivity contribution < 1.29 is 9.59 Å². The van der Waals surface area contributed by atoms with E-state index in [-0.39, 0.29) is 23.1 Å². The highest BCUT2D eigenvalue weighted by molar-refractivity contribution is 6.04. The number of rotatable bonds is 8. The lowest BCUT2D eigenvalue weighted by Gasteiger charge is -2.12. The highest BCUT2D eigenvalue weighted by atomic mass is 16.2. The molecular formula is C24H28N4O3. The van der Waals surface area contributed by atoms with Crippen LogP contribution in [0.4, 0.5) is 0 Å². The van der Waals surface area contributed by atoms with Crippen LogP contribution in [0.1, 0.15) is 52.6 Å². The van der Waals surface area contributed by atoms with Crippen molar-refractivity contribution in [3.63, 3.8) is 0 Å². The van der Waals surface area contributed by atoms with Gasteiger partial charge in [0.1, 0.15) is 0 Å².